The number of thioether (sulfide) groups is 1. The minimum absolute atomic E-state index is 0.0271. The van der Waals surface area contributed by atoms with Gasteiger partial charge in [-0.1, -0.05) is 13.8 Å². The molecule has 0 aromatic carbocycles. The molecule has 9 unspecified atom stereocenters. The molecule has 1 heterocycles. The number of rotatable bonds is 6. The van der Waals surface area contributed by atoms with Gasteiger partial charge >= 0.3 is 11.9 Å². The SMILES string of the molecule is CC(C)(COC(=O)C1CC2CC1CC2S)COC(=O)C1CC2CC1C1SC21. The van der Waals surface area contributed by atoms with Gasteiger partial charge in [0.1, 0.15) is 0 Å². The minimum atomic E-state index is -0.344. The van der Waals surface area contributed by atoms with Gasteiger partial charge in [0, 0.05) is 21.2 Å². The van der Waals surface area contributed by atoms with Gasteiger partial charge in [0.2, 0.25) is 0 Å². The summed E-state index contributed by atoms with van der Waals surface area (Å²) in [7, 11) is 0. The number of carbonyl (C=O) groups excluding carboxylic acids is 2. The zero-order valence-corrected chi connectivity index (χ0v) is 17.8. The van der Waals surface area contributed by atoms with Crippen LogP contribution in [0.5, 0.6) is 0 Å². The van der Waals surface area contributed by atoms with Crippen molar-refractivity contribution in [1.29, 1.82) is 0 Å². The van der Waals surface area contributed by atoms with Gasteiger partial charge in [-0.15, -0.1) is 0 Å². The van der Waals surface area contributed by atoms with E-state index in [1.165, 1.54) is 6.42 Å². The Labute approximate surface area is 171 Å². The molecule has 0 N–H and O–H groups in total. The van der Waals surface area contributed by atoms with E-state index < -0.39 is 0 Å². The molecule has 27 heavy (non-hydrogen) atoms. The van der Waals surface area contributed by atoms with Gasteiger partial charge < -0.3 is 9.47 Å². The van der Waals surface area contributed by atoms with Crippen molar-refractivity contribution in [2.24, 2.45) is 40.9 Å². The molecule has 5 rings (SSSR count). The average Bonchev–Trinajstić information content (AvgIpc) is 2.95. The zero-order valence-electron chi connectivity index (χ0n) is 16.1. The van der Waals surface area contributed by atoms with Crippen LogP contribution in [0.2, 0.25) is 0 Å². The summed E-state index contributed by atoms with van der Waals surface area (Å²) in [6.07, 6.45) is 5.33. The molecule has 150 valence electrons. The molecule has 9 atom stereocenters. The van der Waals surface area contributed by atoms with Crippen LogP contribution in [0.15, 0.2) is 0 Å². The molecule has 0 spiro atoms. The second kappa shape index (κ2) is 6.58. The van der Waals surface area contributed by atoms with Gasteiger partial charge in [-0.2, -0.15) is 24.4 Å². The Bertz CT molecular complexity index is 648. The van der Waals surface area contributed by atoms with Gasteiger partial charge in [0.05, 0.1) is 25.0 Å². The number of thiol groups is 1. The van der Waals surface area contributed by atoms with E-state index >= 15 is 0 Å². The number of esters is 2. The van der Waals surface area contributed by atoms with Crippen LogP contribution in [0, 0.1) is 40.9 Å². The van der Waals surface area contributed by atoms with Crippen molar-refractivity contribution in [3.63, 3.8) is 0 Å². The van der Waals surface area contributed by atoms with Crippen molar-refractivity contribution >= 4 is 36.3 Å². The maximum atomic E-state index is 12.6. The lowest BCUT2D eigenvalue weighted by atomic mass is 9.88. The van der Waals surface area contributed by atoms with E-state index in [4.69, 9.17) is 9.47 Å². The van der Waals surface area contributed by atoms with Gasteiger partial charge in [-0.25, -0.2) is 0 Å². The van der Waals surface area contributed by atoms with E-state index in [1.807, 2.05) is 13.8 Å². The fraction of sp³-hybridized carbons (Fsp3) is 0.905. The summed E-state index contributed by atoms with van der Waals surface area (Å²) in [5.74, 6) is 2.39. The van der Waals surface area contributed by atoms with Crippen LogP contribution in [0.4, 0.5) is 0 Å². The molecule has 5 aliphatic rings. The molecule has 1 aliphatic heterocycles. The molecule has 4 saturated carbocycles. The molecule has 5 fully saturated rings. The minimum Gasteiger partial charge on any atom is -0.465 e. The molecular weight excluding hydrogens is 380 g/mol. The lowest BCUT2D eigenvalue weighted by Gasteiger charge is -2.28. The predicted molar refractivity (Wildman–Crippen MR) is 108 cm³/mol. The first-order valence-corrected chi connectivity index (χ1v) is 11.9. The maximum absolute atomic E-state index is 12.6. The van der Waals surface area contributed by atoms with Crippen LogP contribution in [-0.4, -0.2) is 40.9 Å². The molecule has 6 heteroatoms. The molecule has 0 aromatic rings. The highest BCUT2D eigenvalue weighted by molar-refractivity contribution is 8.07. The molecule has 0 amide bonds. The maximum Gasteiger partial charge on any atom is 0.309 e. The molecule has 4 nitrogen and oxygen atoms in total. The summed E-state index contributed by atoms with van der Waals surface area (Å²) in [4.78, 5) is 25.1. The molecule has 4 aliphatic carbocycles. The normalized spacial score (nSPS) is 46.4. The van der Waals surface area contributed by atoms with E-state index in [-0.39, 0.29) is 29.2 Å². The van der Waals surface area contributed by atoms with Crippen molar-refractivity contribution in [2.75, 3.05) is 13.2 Å². The van der Waals surface area contributed by atoms with E-state index in [0.29, 0.717) is 36.2 Å². The summed E-state index contributed by atoms with van der Waals surface area (Å²) in [6.45, 7) is 4.65. The molecule has 1 saturated heterocycles. The third kappa shape index (κ3) is 3.33. The second-order valence-electron chi connectivity index (χ2n) is 10.3. The molecule has 4 bridgehead atoms. The predicted octanol–water partition coefficient (Wildman–Crippen LogP) is 3.58. The van der Waals surface area contributed by atoms with E-state index in [9.17, 15) is 9.59 Å². The Morgan fingerprint density at radius 1 is 0.889 bits per heavy atom. The standard InChI is InChI=1S/C21H30O4S2/c1-21(2,8-24-19(22)13-4-11-3-10(13)7-16(11)26)9-25-20(23)15-6-12-5-14(15)18-17(12)27-18/h10-18,26H,3-9H2,1-2H3. The Kier molecular flexibility index (Phi) is 4.55. The van der Waals surface area contributed by atoms with Crippen LogP contribution in [-0.2, 0) is 19.1 Å². The number of hydrogen-bond donors (Lipinski definition) is 1. The molecule has 0 aromatic heterocycles. The average molecular weight is 411 g/mol. The highest BCUT2D eigenvalue weighted by Crippen LogP contribution is 2.67. The zero-order chi connectivity index (χ0) is 18.9. The summed E-state index contributed by atoms with van der Waals surface area (Å²) in [5.41, 5.74) is -0.344. The fourth-order valence-corrected chi connectivity index (χ4v) is 8.35. The Morgan fingerprint density at radius 3 is 2.11 bits per heavy atom. The fourth-order valence-electron chi connectivity index (χ4n) is 6.20. The Balaban J connectivity index is 1.07. The summed E-state index contributed by atoms with van der Waals surface area (Å²) in [6, 6.07) is 0. The lowest BCUT2D eigenvalue weighted by molar-refractivity contribution is -0.159. The van der Waals surface area contributed by atoms with Crippen LogP contribution in [0.1, 0.15) is 46.0 Å². The topological polar surface area (TPSA) is 52.6 Å². The van der Waals surface area contributed by atoms with Gasteiger partial charge in [0.25, 0.3) is 0 Å². The van der Waals surface area contributed by atoms with Crippen LogP contribution >= 0.6 is 24.4 Å². The van der Waals surface area contributed by atoms with Gasteiger partial charge in [-0.05, 0) is 55.8 Å². The monoisotopic (exact) mass is 410 g/mol. The van der Waals surface area contributed by atoms with Crippen LogP contribution < -0.4 is 0 Å². The first-order valence-electron chi connectivity index (χ1n) is 10.5. The van der Waals surface area contributed by atoms with Crippen molar-refractivity contribution in [1.82, 2.24) is 0 Å². The highest BCUT2D eigenvalue weighted by atomic mass is 32.2. The number of fused-ring (bicyclic) bond motifs is 7. The van der Waals surface area contributed by atoms with E-state index in [2.05, 4.69) is 24.4 Å². The first-order chi connectivity index (χ1) is 12.8. The third-order valence-corrected chi connectivity index (χ3v) is 10.00. The summed E-state index contributed by atoms with van der Waals surface area (Å²) < 4.78 is 11.3. The largest absolute Gasteiger partial charge is 0.465 e. The molecular formula is C21H30O4S2. The van der Waals surface area contributed by atoms with E-state index in [0.717, 1.165) is 42.1 Å². The lowest BCUT2D eigenvalue weighted by Crippen LogP contribution is -2.34. The quantitative estimate of drug-likeness (QED) is 0.412. The van der Waals surface area contributed by atoms with Crippen molar-refractivity contribution in [2.45, 2.75) is 61.7 Å². The highest BCUT2D eigenvalue weighted by Gasteiger charge is 2.64. The molecule has 0 radical (unpaired) electrons. The van der Waals surface area contributed by atoms with Crippen molar-refractivity contribution in [3.8, 4) is 0 Å². The van der Waals surface area contributed by atoms with E-state index in [1.54, 1.807) is 0 Å². The Hall–Kier alpha value is -0.360. The second-order valence-corrected chi connectivity index (χ2v) is 12.4. The van der Waals surface area contributed by atoms with Crippen LogP contribution in [0.3, 0.4) is 0 Å². The summed E-state index contributed by atoms with van der Waals surface area (Å²) in [5, 5.41) is 2.04. The first kappa shape index (κ1) is 18.7. The smallest absolute Gasteiger partial charge is 0.309 e. The van der Waals surface area contributed by atoms with Gasteiger partial charge in [0.15, 0.2) is 0 Å². The number of ether oxygens (including phenoxy) is 2. The number of hydrogen-bond acceptors (Lipinski definition) is 6. The van der Waals surface area contributed by atoms with Crippen molar-refractivity contribution < 1.29 is 19.1 Å². The summed E-state index contributed by atoms with van der Waals surface area (Å²) >= 11 is 6.67. The van der Waals surface area contributed by atoms with Gasteiger partial charge in [-0.3, -0.25) is 9.59 Å². The number of carbonyl (C=O) groups is 2. The van der Waals surface area contributed by atoms with Crippen molar-refractivity contribution in [3.05, 3.63) is 0 Å². The Morgan fingerprint density at radius 2 is 1.56 bits per heavy atom. The third-order valence-electron chi connectivity index (χ3n) is 7.73. The van der Waals surface area contributed by atoms with Crippen LogP contribution in [0.25, 0.3) is 0 Å².